The molecular weight excluding hydrogens is 370 g/mol. The quantitative estimate of drug-likeness (QED) is 0.541. The molecule has 7 nitrogen and oxygen atoms in total. The molecule has 0 aliphatic heterocycles. The minimum absolute atomic E-state index is 0.00462. The molecule has 0 bridgehead atoms. The maximum absolute atomic E-state index is 12.5. The maximum Gasteiger partial charge on any atom is 0.349 e. The van der Waals surface area contributed by atoms with Crippen molar-refractivity contribution in [1.82, 2.24) is 9.66 Å². The zero-order chi connectivity index (χ0) is 19.4. The number of fused-ring (bicyclic) bond motifs is 1. The van der Waals surface area contributed by atoms with E-state index in [2.05, 4.69) is 16.0 Å². The number of terminal acetylenes is 1. The molecule has 136 valence electrons. The van der Waals surface area contributed by atoms with Crippen molar-refractivity contribution in [3.63, 3.8) is 0 Å². The van der Waals surface area contributed by atoms with Gasteiger partial charge in [-0.25, -0.2) is 4.79 Å². The second-order valence-electron chi connectivity index (χ2n) is 5.36. The molecule has 0 saturated carbocycles. The average Bonchev–Trinajstić information content (AvgIpc) is 2.66. The van der Waals surface area contributed by atoms with Crippen molar-refractivity contribution in [3.05, 3.63) is 67.8 Å². The van der Waals surface area contributed by atoms with Crippen LogP contribution < -0.4 is 20.7 Å². The van der Waals surface area contributed by atoms with Crippen LogP contribution in [0.2, 0.25) is 5.02 Å². The van der Waals surface area contributed by atoms with E-state index in [0.717, 1.165) is 4.68 Å². The highest BCUT2D eigenvalue weighted by Gasteiger charge is 2.12. The van der Waals surface area contributed by atoms with Gasteiger partial charge in [0.1, 0.15) is 6.61 Å². The molecule has 8 heteroatoms. The topological polar surface area (TPSA) is 85.7 Å². The van der Waals surface area contributed by atoms with Gasteiger partial charge in [0.05, 0.1) is 24.2 Å². The van der Waals surface area contributed by atoms with Crippen molar-refractivity contribution in [2.45, 2.75) is 0 Å². The Hall–Kier alpha value is -3.50. The van der Waals surface area contributed by atoms with Gasteiger partial charge in [0, 0.05) is 16.7 Å². The number of hydrogen-bond donors (Lipinski definition) is 1. The number of nitrogens with one attached hydrogen (secondary N) is 1. The first kappa shape index (κ1) is 18.3. The van der Waals surface area contributed by atoms with Crippen molar-refractivity contribution >= 4 is 28.7 Å². The molecular formula is C19H14ClN3O4. The number of halogens is 1. The first-order chi connectivity index (χ1) is 13.0. The van der Waals surface area contributed by atoms with E-state index in [9.17, 15) is 9.59 Å². The summed E-state index contributed by atoms with van der Waals surface area (Å²) in [7, 11) is 1.45. The van der Waals surface area contributed by atoms with Gasteiger partial charge in [0.25, 0.3) is 5.56 Å². The van der Waals surface area contributed by atoms with Gasteiger partial charge in [-0.1, -0.05) is 29.7 Å². The molecule has 3 rings (SSSR count). The Morgan fingerprint density at radius 2 is 2.11 bits per heavy atom. The first-order valence-corrected chi connectivity index (χ1v) is 8.15. The number of aromatic amines is 1. The predicted octanol–water partition coefficient (Wildman–Crippen LogP) is 2.25. The van der Waals surface area contributed by atoms with E-state index in [1.807, 2.05) is 0 Å². The van der Waals surface area contributed by atoms with Gasteiger partial charge in [0.2, 0.25) is 0 Å². The summed E-state index contributed by atoms with van der Waals surface area (Å²) in [6.45, 7) is -0.00462. The highest BCUT2D eigenvalue weighted by atomic mass is 35.5. The molecule has 1 aromatic heterocycles. The van der Waals surface area contributed by atoms with Gasteiger partial charge in [-0.3, -0.25) is 4.79 Å². The van der Waals surface area contributed by atoms with E-state index in [1.54, 1.807) is 36.4 Å². The summed E-state index contributed by atoms with van der Waals surface area (Å²) in [5.41, 5.74) is -0.392. The Bertz CT molecular complexity index is 1190. The summed E-state index contributed by atoms with van der Waals surface area (Å²) in [5, 5.41) is 4.70. The highest BCUT2D eigenvalue weighted by Crippen LogP contribution is 2.33. The summed E-state index contributed by atoms with van der Waals surface area (Å²) in [5.74, 6) is 3.00. The number of H-pyrrole nitrogens is 1. The second kappa shape index (κ2) is 7.81. The number of hydrogen-bond acceptors (Lipinski definition) is 5. The SMILES string of the molecule is C#CCOc1c(C=Nn2c(=O)[nH]c3ccccc3c2=O)cc(Cl)cc1OC. The van der Waals surface area contributed by atoms with E-state index in [-0.39, 0.29) is 6.61 Å². The summed E-state index contributed by atoms with van der Waals surface area (Å²) >= 11 is 6.08. The van der Waals surface area contributed by atoms with Crippen LogP contribution in [0.4, 0.5) is 0 Å². The second-order valence-corrected chi connectivity index (χ2v) is 5.79. The normalized spacial score (nSPS) is 10.9. The molecule has 0 unspecified atom stereocenters. The average molecular weight is 384 g/mol. The summed E-state index contributed by atoms with van der Waals surface area (Å²) in [6.07, 6.45) is 6.52. The van der Waals surface area contributed by atoms with Crippen LogP contribution in [0.15, 0.2) is 51.1 Å². The monoisotopic (exact) mass is 383 g/mol. The lowest BCUT2D eigenvalue weighted by atomic mass is 10.2. The van der Waals surface area contributed by atoms with Gasteiger partial charge in [-0.05, 0) is 18.2 Å². The van der Waals surface area contributed by atoms with Crippen LogP contribution in [0, 0.1) is 12.3 Å². The number of nitrogens with zero attached hydrogens (tertiary/aromatic N) is 2. The fourth-order valence-electron chi connectivity index (χ4n) is 2.48. The van der Waals surface area contributed by atoms with Crippen molar-refractivity contribution in [1.29, 1.82) is 0 Å². The number of ether oxygens (including phenoxy) is 2. The summed E-state index contributed by atoms with van der Waals surface area (Å²) in [6, 6.07) is 9.77. The molecule has 1 N–H and O–H groups in total. The van der Waals surface area contributed by atoms with E-state index in [4.69, 9.17) is 27.5 Å². The van der Waals surface area contributed by atoms with Gasteiger partial charge in [-0.15, -0.1) is 11.1 Å². The van der Waals surface area contributed by atoms with Crippen LogP contribution in [0.1, 0.15) is 5.56 Å². The Balaban J connectivity index is 2.13. The Morgan fingerprint density at radius 3 is 2.85 bits per heavy atom. The number of para-hydroxylation sites is 1. The van der Waals surface area contributed by atoms with Gasteiger partial charge in [-0.2, -0.15) is 5.10 Å². The third kappa shape index (κ3) is 3.71. The third-order valence-corrected chi connectivity index (χ3v) is 3.88. The molecule has 0 aliphatic carbocycles. The minimum Gasteiger partial charge on any atom is -0.493 e. The van der Waals surface area contributed by atoms with E-state index in [0.29, 0.717) is 33.0 Å². The van der Waals surface area contributed by atoms with Crippen molar-refractivity contribution in [2.75, 3.05) is 13.7 Å². The number of rotatable bonds is 5. The standard InChI is InChI=1S/C19H14ClN3O4/c1-3-8-27-17-12(9-13(20)10-16(17)26-2)11-21-23-18(24)14-6-4-5-7-15(14)22-19(23)25/h1,4-7,9-11H,8H2,2H3,(H,22,25). The van der Waals surface area contributed by atoms with Crippen LogP contribution >= 0.6 is 11.6 Å². The van der Waals surface area contributed by atoms with Crippen molar-refractivity contribution in [2.24, 2.45) is 5.10 Å². The zero-order valence-corrected chi connectivity index (χ0v) is 15.0. The molecule has 0 amide bonds. The largest absolute Gasteiger partial charge is 0.493 e. The fraction of sp³-hybridized carbons (Fsp3) is 0.105. The van der Waals surface area contributed by atoms with E-state index in [1.165, 1.54) is 13.3 Å². The first-order valence-electron chi connectivity index (χ1n) is 7.77. The number of aromatic nitrogens is 2. The molecule has 0 aliphatic rings. The molecule has 0 saturated heterocycles. The molecule has 1 heterocycles. The Kier molecular flexibility index (Phi) is 5.29. The third-order valence-electron chi connectivity index (χ3n) is 3.66. The molecule has 27 heavy (non-hydrogen) atoms. The van der Waals surface area contributed by atoms with Gasteiger partial charge >= 0.3 is 5.69 Å². The summed E-state index contributed by atoms with van der Waals surface area (Å²) < 4.78 is 11.5. The smallest absolute Gasteiger partial charge is 0.349 e. The Labute approximate surface area is 158 Å². The number of methoxy groups -OCH3 is 1. The van der Waals surface area contributed by atoms with Crippen LogP contribution in [0.5, 0.6) is 11.5 Å². The van der Waals surface area contributed by atoms with Gasteiger partial charge < -0.3 is 14.5 Å². The Morgan fingerprint density at radius 1 is 1.33 bits per heavy atom. The number of benzene rings is 2. The lowest BCUT2D eigenvalue weighted by Gasteiger charge is -2.12. The van der Waals surface area contributed by atoms with Crippen LogP contribution in [0.25, 0.3) is 10.9 Å². The van der Waals surface area contributed by atoms with Crippen LogP contribution in [0.3, 0.4) is 0 Å². The van der Waals surface area contributed by atoms with Gasteiger partial charge in [0.15, 0.2) is 11.5 Å². The molecule has 3 aromatic rings. The van der Waals surface area contributed by atoms with Crippen molar-refractivity contribution < 1.29 is 9.47 Å². The van der Waals surface area contributed by atoms with Crippen molar-refractivity contribution in [3.8, 4) is 23.8 Å². The van der Waals surface area contributed by atoms with Crippen LogP contribution in [-0.2, 0) is 0 Å². The maximum atomic E-state index is 12.5. The fourth-order valence-corrected chi connectivity index (χ4v) is 2.70. The molecule has 0 fully saturated rings. The lowest BCUT2D eigenvalue weighted by Crippen LogP contribution is -2.32. The highest BCUT2D eigenvalue weighted by molar-refractivity contribution is 6.31. The molecule has 0 spiro atoms. The summed E-state index contributed by atoms with van der Waals surface area (Å²) in [4.78, 5) is 27.3. The lowest BCUT2D eigenvalue weighted by molar-refractivity contribution is 0.330. The van der Waals surface area contributed by atoms with Crippen LogP contribution in [-0.4, -0.2) is 29.6 Å². The van der Waals surface area contributed by atoms with E-state index >= 15 is 0 Å². The molecule has 0 atom stereocenters. The molecule has 2 aromatic carbocycles. The minimum atomic E-state index is -0.671. The molecule has 0 radical (unpaired) electrons. The zero-order valence-electron chi connectivity index (χ0n) is 14.2. The van der Waals surface area contributed by atoms with E-state index < -0.39 is 11.2 Å². The predicted molar refractivity (Wildman–Crippen MR) is 104 cm³/mol.